The fourth-order valence-corrected chi connectivity index (χ4v) is 3.58. The molecular formula is C17H24N2O4. The van der Waals surface area contributed by atoms with Gasteiger partial charge in [0.25, 0.3) is 5.91 Å². The number of hydrogen-bond donors (Lipinski definition) is 0. The Morgan fingerprint density at radius 1 is 1.26 bits per heavy atom. The molecule has 3 heterocycles. The van der Waals surface area contributed by atoms with Crippen molar-refractivity contribution in [2.45, 2.75) is 18.4 Å². The normalized spacial score (nSPS) is 29.7. The molecule has 1 atom stereocenters. The van der Waals surface area contributed by atoms with Crippen molar-refractivity contribution in [2.24, 2.45) is 5.92 Å². The summed E-state index contributed by atoms with van der Waals surface area (Å²) < 4.78 is 17.0. The highest BCUT2D eigenvalue weighted by Crippen LogP contribution is 2.31. The topological polar surface area (TPSA) is 55.2 Å². The van der Waals surface area contributed by atoms with Crippen LogP contribution in [0.5, 0.6) is 0 Å². The van der Waals surface area contributed by atoms with Crippen LogP contribution in [-0.4, -0.2) is 73.9 Å². The molecule has 1 aromatic rings. The Morgan fingerprint density at radius 2 is 2.17 bits per heavy atom. The zero-order chi connectivity index (χ0) is 15.7. The van der Waals surface area contributed by atoms with Crippen molar-refractivity contribution in [3.63, 3.8) is 0 Å². The van der Waals surface area contributed by atoms with Crippen LogP contribution < -0.4 is 0 Å². The first-order valence-electron chi connectivity index (χ1n) is 8.50. The molecule has 4 rings (SSSR count). The van der Waals surface area contributed by atoms with Crippen LogP contribution in [-0.2, 0) is 9.47 Å². The number of carbonyl (C=O) groups is 1. The lowest BCUT2D eigenvalue weighted by Gasteiger charge is -2.43. The average Bonchev–Trinajstić information content (AvgIpc) is 3.24. The minimum atomic E-state index is -0.400. The van der Waals surface area contributed by atoms with Gasteiger partial charge >= 0.3 is 0 Å². The number of carbonyl (C=O) groups excluding carboxylic acids is 1. The summed E-state index contributed by atoms with van der Waals surface area (Å²) in [6.07, 6.45) is 5.73. The van der Waals surface area contributed by atoms with Crippen LogP contribution >= 0.6 is 0 Å². The summed E-state index contributed by atoms with van der Waals surface area (Å²) in [5, 5.41) is 0. The monoisotopic (exact) mass is 320 g/mol. The molecule has 2 saturated heterocycles. The molecular weight excluding hydrogens is 296 g/mol. The SMILES string of the molecule is O=C(c1ccoc1)N1CCO[C@@]2(COCCN(CC3CC3)C2)C1. The van der Waals surface area contributed by atoms with E-state index in [9.17, 15) is 4.79 Å². The van der Waals surface area contributed by atoms with E-state index in [0.717, 1.165) is 32.2 Å². The third-order valence-corrected chi connectivity index (χ3v) is 4.95. The molecule has 1 spiro atoms. The van der Waals surface area contributed by atoms with Crippen molar-refractivity contribution in [1.82, 2.24) is 9.80 Å². The maximum absolute atomic E-state index is 12.6. The predicted molar refractivity (Wildman–Crippen MR) is 83.3 cm³/mol. The van der Waals surface area contributed by atoms with Crippen molar-refractivity contribution >= 4 is 5.91 Å². The summed E-state index contributed by atoms with van der Waals surface area (Å²) >= 11 is 0. The summed E-state index contributed by atoms with van der Waals surface area (Å²) in [5.41, 5.74) is 0.203. The van der Waals surface area contributed by atoms with Crippen molar-refractivity contribution in [3.8, 4) is 0 Å². The van der Waals surface area contributed by atoms with Gasteiger partial charge < -0.3 is 18.8 Å². The van der Waals surface area contributed by atoms with Crippen LogP contribution in [0.4, 0.5) is 0 Å². The first kappa shape index (κ1) is 15.2. The molecule has 1 aromatic heterocycles. The second-order valence-electron chi connectivity index (χ2n) is 7.00. The van der Waals surface area contributed by atoms with Crippen LogP contribution in [0.1, 0.15) is 23.2 Å². The smallest absolute Gasteiger partial charge is 0.257 e. The van der Waals surface area contributed by atoms with E-state index in [0.29, 0.717) is 31.9 Å². The summed E-state index contributed by atoms with van der Waals surface area (Å²) in [4.78, 5) is 16.9. The minimum absolute atomic E-state index is 0.0133. The van der Waals surface area contributed by atoms with Gasteiger partial charge in [-0.2, -0.15) is 0 Å². The summed E-state index contributed by atoms with van der Waals surface area (Å²) in [6.45, 7) is 5.99. The average molecular weight is 320 g/mol. The molecule has 6 nitrogen and oxygen atoms in total. The van der Waals surface area contributed by atoms with Gasteiger partial charge in [-0.15, -0.1) is 0 Å². The second-order valence-corrected chi connectivity index (χ2v) is 7.00. The number of nitrogens with zero attached hydrogens (tertiary/aromatic N) is 2. The Bertz CT molecular complexity index is 543. The first-order chi connectivity index (χ1) is 11.2. The number of rotatable bonds is 3. The zero-order valence-electron chi connectivity index (χ0n) is 13.4. The van der Waals surface area contributed by atoms with Crippen molar-refractivity contribution < 1.29 is 18.7 Å². The van der Waals surface area contributed by atoms with Gasteiger partial charge in [0, 0.05) is 26.2 Å². The Morgan fingerprint density at radius 3 is 2.96 bits per heavy atom. The molecule has 1 amide bonds. The van der Waals surface area contributed by atoms with E-state index in [2.05, 4.69) is 4.90 Å². The molecule has 0 N–H and O–H groups in total. The fraction of sp³-hybridized carbons (Fsp3) is 0.706. The Labute approximate surface area is 136 Å². The van der Waals surface area contributed by atoms with E-state index in [1.165, 1.54) is 25.4 Å². The lowest BCUT2D eigenvalue weighted by atomic mass is 10.0. The predicted octanol–water partition coefficient (Wildman–Crippen LogP) is 1.23. The number of ether oxygens (including phenoxy) is 2. The fourth-order valence-electron chi connectivity index (χ4n) is 3.58. The largest absolute Gasteiger partial charge is 0.472 e. The third-order valence-electron chi connectivity index (χ3n) is 4.95. The summed E-state index contributed by atoms with van der Waals surface area (Å²) in [5.74, 6) is 0.858. The van der Waals surface area contributed by atoms with E-state index in [4.69, 9.17) is 13.9 Å². The van der Waals surface area contributed by atoms with Crippen LogP contribution in [0.2, 0.25) is 0 Å². The highest BCUT2D eigenvalue weighted by Gasteiger charge is 2.42. The van der Waals surface area contributed by atoms with Gasteiger partial charge in [0.15, 0.2) is 0 Å². The van der Waals surface area contributed by atoms with E-state index in [1.54, 1.807) is 6.07 Å². The second kappa shape index (κ2) is 6.26. The van der Waals surface area contributed by atoms with E-state index in [1.807, 2.05) is 4.90 Å². The Kier molecular flexibility index (Phi) is 4.13. The van der Waals surface area contributed by atoms with Gasteiger partial charge in [0.1, 0.15) is 11.9 Å². The summed E-state index contributed by atoms with van der Waals surface area (Å²) in [7, 11) is 0. The number of furan rings is 1. The van der Waals surface area contributed by atoms with Gasteiger partial charge in [-0.1, -0.05) is 0 Å². The van der Waals surface area contributed by atoms with E-state index in [-0.39, 0.29) is 5.91 Å². The van der Waals surface area contributed by atoms with Gasteiger partial charge in [-0.05, 0) is 24.8 Å². The first-order valence-corrected chi connectivity index (χ1v) is 8.50. The number of hydrogen-bond acceptors (Lipinski definition) is 5. The molecule has 0 aromatic carbocycles. The molecule has 3 aliphatic rings. The number of morpholine rings is 1. The van der Waals surface area contributed by atoms with Crippen LogP contribution in [0.3, 0.4) is 0 Å². The lowest BCUT2D eigenvalue weighted by Crippen LogP contribution is -2.60. The molecule has 1 aliphatic carbocycles. The van der Waals surface area contributed by atoms with Crippen LogP contribution in [0.15, 0.2) is 23.0 Å². The minimum Gasteiger partial charge on any atom is -0.472 e. The summed E-state index contributed by atoms with van der Waals surface area (Å²) in [6, 6.07) is 1.72. The molecule has 0 bridgehead atoms. The van der Waals surface area contributed by atoms with Gasteiger partial charge in [-0.3, -0.25) is 9.69 Å². The van der Waals surface area contributed by atoms with Gasteiger partial charge in [-0.25, -0.2) is 0 Å². The van der Waals surface area contributed by atoms with Gasteiger partial charge in [0.2, 0.25) is 0 Å². The molecule has 0 unspecified atom stereocenters. The standard InChI is InChI=1S/C17H24N2O4/c20-16(15-3-6-21-10-15)19-5-8-23-17(12-19)11-18(4-7-22-13-17)9-14-1-2-14/h3,6,10,14H,1-2,4-5,7-9,11-13H2/t17-/m1/s1. The highest BCUT2D eigenvalue weighted by molar-refractivity contribution is 5.93. The highest BCUT2D eigenvalue weighted by atomic mass is 16.5. The molecule has 3 fully saturated rings. The van der Waals surface area contributed by atoms with E-state index < -0.39 is 5.60 Å². The maximum atomic E-state index is 12.6. The molecule has 1 saturated carbocycles. The molecule has 0 radical (unpaired) electrons. The van der Waals surface area contributed by atoms with Crippen molar-refractivity contribution in [1.29, 1.82) is 0 Å². The van der Waals surface area contributed by atoms with Crippen LogP contribution in [0, 0.1) is 5.92 Å². The number of amides is 1. The zero-order valence-corrected chi connectivity index (χ0v) is 13.4. The Hall–Kier alpha value is -1.37. The van der Waals surface area contributed by atoms with Crippen molar-refractivity contribution in [2.75, 3.05) is 52.5 Å². The Balaban J connectivity index is 1.46. The van der Waals surface area contributed by atoms with E-state index >= 15 is 0 Å². The molecule has 2 aliphatic heterocycles. The third kappa shape index (κ3) is 3.44. The maximum Gasteiger partial charge on any atom is 0.257 e. The molecule has 6 heteroatoms. The lowest BCUT2D eigenvalue weighted by molar-refractivity contribution is -0.133. The quantitative estimate of drug-likeness (QED) is 0.838. The molecule has 126 valence electrons. The van der Waals surface area contributed by atoms with Crippen molar-refractivity contribution in [3.05, 3.63) is 24.2 Å². The van der Waals surface area contributed by atoms with Gasteiger partial charge in [0.05, 0.1) is 38.2 Å². The molecule has 23 heavy (non-hydrogen) atoms. The van der Waals surface area contributed by atoms with Crippen LogP contribution in [0.25, 0.3) is 0 Å².